The highest BCUT2D eigenvalue weighted by molar-refractivity contribution is 6.10. The van der Waals surface area contributed by atoms with Crippen LogP contribution in [0.15, 0.2) is 65.3 Å². The van der Waals surface area contributed by atoms with Crippen LogP contribution in [-0.4, -0.2) is 22.9 Å². The molecule has 136 valence electrons. The highest BCUT2D eigenvalue weighted by Crippen LogP contribution is 2.30. The molecule has 4 rings (SSSR count). The quantitative estimate of drug-likeness (QED) is 0.568. The summed E-state index contributed by atoms with van der Waals surface area (Å²) in [6.45, 7) is 2.85. The third-order valence-electron chi connectivity index (χ3n) is 4.53. The monoisotopic (exact) mass is 361 g/mol. The third-order valence-corrected chi connectivity index (χ3v) is 4.53. The zero-order valence-corrected chi connectivity index (χ0v) is 14.9. The number of amides is 2. The van der Waals surface area contributed by atoms with Crippen LogP contribution in [-0.2, 0) is 11.3 Å². The molecule has 0 unspecified atom stereocenters. The lowest BCUT2D eigenvalue weighted by atomic mass is 10.1. The molecule has 0 spiro atoms. The molecule has 2 N–H and O–H groups in total. The van der Waals surface area contributed by atoms with Crippen molar-refractivity contribution in [2.75, 3.05) is 11.9 Å². The molecule has 2 amide bonds. The Balaban J connectivity index is 1.53. The molecule has 0 aliphatic carbocycles. The standard InChI is InChI=1S/C21H19N3O3/c1-2-24-17-7-4-3-6-15(17)16-12-14(9-10-18(16)24)23-20(25)13-22-21(26)19-8-5-11-27-19/h3-12H,2,13H2,1H3,(H,22,26)(H,23,25). The van der Waals surface area contributed by atoms with Crippen molar-refractivity contribution in [2.45, 2.75) is 13.5 Å². The Hall–Kier alpha value is -3.54. The van der Waals surface area contributed by atoms with E-state index in [9.17, 15) is 9.59 Å². The summed E-state index contributed by atoms with van der Waals surface area (Å²) in [6, 6.07) is 17.2. The Kier molecular flexibility index (Phi) is 4.38. The van der Waals surface area contributed by atoms with Crippen LogP contribution in [0.2, 0.25) is 0 Å². The van der Waals surface area contributed by atoms with Gasteiger partial charge in [-0.3, -0.25) is 9.59 Å². The van der Waals surface area contributed by atoms with Gasteiger partial charge in [0.25, 0.3) is 5.91 Å². The summed E-state index contributed by atoms with van der Waals surface area (Å²) in [4.78, 5) is 24.0. The zero-order valence-electron chi connectivity index (χ0n) is 14.9. The number of hydrogen-bond donors (Lipinski definition) is 2. The largest absolute Gasteiger partial charge is 0.459 e. The van der Waals surface area contributed by atoms with Gasteiger partial charge in [0.15, 0.2) is 5.76 Å². The first-order valence-electron chi connectivity index (χ1n) is 8.80. The highest BCUT2D eigenvalue weighted by Gasteiger charge is 2.12. The fourth-order valence-corrected chi connectivity index (χ4v) is 3.33. The van der Waals surface area contributed by atoms with Gasteiger partial charge in [0.05, 0.1) is 12.8 Å². The average Bonchev–Trinajstić information content (AvgIpc) is 3.32. The molecular formula is C21H19N3O3. The molecule has 2 aromatic heterocycles. The summed E-state index contributed by atoms with van der Waals surface area (Å²) in [5.41, 5.74) is 2.99. The van der Waals surface area contributed by atoms with Crippen molar-refractivity contribution in [1.29, 1.82) is 0 Å². The number of anilines is 1. The van der Waals surface area contributed by atoms with Crippen molar-refractivity contribution in [1.82, 2.24) is 9.88 Å². The number of carbonyl (C=O) groups excluding carboxylic acids is 2. The molecule has 2 aromatic carbocycles. The summed E-state index contributed by atoms with van der Waals surface area (Å²) < 4.78 is 7.25. The molecule has 4 aromatic rings. The van der Waals surface area contributed by atoms with Gasteiger partial charge in [-0.05, 0) is 43.3 Å². The minimum Gasteiger partial charge on any atom is -0.459 e. The molecule has 6 heteroatoms. The van der Waals surface area contributed by atoms with Gasteiger partial charge in [0, 0.05) is 34.0 Å². The Morgan fingerprint density at radius 1 is 1.00 bits per heavy atom. The summed E-state index contributed by atoms with van der Waals surface area (Å²) >= 11 is 0. The van der Waals surface area contributed by atoms with E-state index in [1.165, 1.54) is 11.8 Å². The predicted molar refractivity (Wildman–Crippen MR) is 105 cm³/mol. The number of aromatic nitrogens is 1. The smallest absolute Gasteiger partial charge is 0.287 e. The van der Waals surface area contributed by atoms with Crippen molar-refractivity contribution in [3.8, 4) is 0 Å². The van der Waals surface area contributed by atoms with E-state index >= 15 is 0 Å². The Morgan fingerprint density at radius 3 is 2.59 bits per heavy atom. The predicted octanol–water partition coefficient (Wildman–Crippen LogP) is 3.78. The summed E-state index contributed by atoms with van der Waals surface area (Å²) in [5.74, 6) is -0.540. The molecular weight excluding hydrogens is 342 g/mol. The van der Waals surface area contributed by atoms with Crippen LogP contribution >= 0.6 is 0 Å². The lowest BCUT2D eigenvalue weighted by Crippen LogP contribution is -2.32. The van der Waals surface area contributed by atoms with E-state index in [0.29, 0.717) is 5.69 Å². The van der Waals surface area contributed by atoms with Gasteiger partial charge in [-0.2, -0.15) is 0 Å². The van der Waals surface area contributed by atoms with Crippen molar-refractivity contribution >= 4 is 39.3 Å². The van der Waals surface area contributed by atoms with Gasteiger partial charge < -0.3 is 19.6 Å². The second-order valence-corrected chi connectivity index (χ2v) is 6.20. The van der Waals surface area contributed by atoms with Crippen LogP contribution in [0, 0.1) is 0 Å². The van der Waals surface area contributed by atoms with Crippen LogP contribution in [0.4, 0.5) is 5.69 Å². The number of carbonyl (C=O) groups is 2. The van der Waals surface area contributed by atoms with Crippen LogP contribution in [0.1, 0.15) is 17.5 Å². The molecule has 0 saturated carbocycles. The number of aryl methyl sites for hydroxylation is 1. The number of para-hydroxylation sites is 1. The molecule has 27 heavy (non-hydrogen) atoms. The van der Waals surface area contributed by atoms with E-state index in [1.807, 2.05) is 30.3 Å². The van der Waals surface area contributed by atoms with Crippen molar-refractivity contribution in [3.05, 3.63) is 66.6 Å². The lowest BCUT2D eigenvalue weighted by molar-refractivity contribution is -0.115. The van der Waals surface area contributed by atoms with Crippen LogP contribution in [0.5, 0.6) is 0 Å². The maximum atomic E-state index is 12.2. The van der Waals surface area contributed by atoms with Gasteiger partial charge in [-0.15, -0.1) is 0 Å². The minimum absolute atomic E-state index is 0.131. The number of benzene rings is 2. The Bertz CT molecular complexity index is 1130. The fourth-order valence-electron chi connectivity index (χ4n) is 3.33. The van der Waals surface area contributed by atoms with E-state index in [4.69, 9.17) is 4.42 Å². The maximum Gasteiger partial charge on any atom is 0.287 e. The number of fused-ring (bicyclic) bond motifs is 3. The molecule has 0 atom stereocenters. The summed E-state index contributed by atoms with van der Waals surface area (Å²) in [6.07, 6.45) is 1.41. The molecule has 2 heterocycles. The molecule has 0 saturated heterocycles. The molecule has 0 bridgehead atoms. The van der Waals surface area contributed by atoms with Crippen molar-refractivity contribution in [2.24, 2.45) is 0 Å². The number of nitrogens with zero attached hydrogens (tertiary/aromatic N) is 1. The van der Waals surface area contributed by atoms with E-state index in [-0.39, 0.29) is 18.2 Å². The van der Waals surface area contributed by atoms with Gasteiger partial charge in [-0.25, -0.2) is 0 Å². The van der Waals surface area contributed by atoms with E-state index in [1.54, 1.807) is 12.1 Å². The second-order valence-electron chi connectivity index (χ2n) is 6.20. The maximum absolute atomic E-state index is 12.2. The normalized spacial score (nSPS) is 11.0. The minimum atomic E-state index is -0.420. The van der Waals surface area contributed by atoms with E-state index < -0.39 is 5.91 Å². The molecule has 0 aliphatic rings. The van der Waals surface area contributed by atoms with E-state index in [2.05, 4.69) is 34.3 Å². The number of furan rings is 1. The topological polar surface area (TPSA) is 76.3 Å². The van der Waals surface area contributed by atoms with Crippen LogP contribution in [0.3, 0.4) is 0 Å². The fraction of sp³-hybridized carbons (Fsp3) is 0.143. The molecule has 0 aliphatic heterocycles. The first-order chi connectivity index (χ1) is 13.2. The zero-order chi connectivity index (χ0) is 18.8. The van der Waals surface area contributed by atoms with Gasteiger partial charge in [0.1, 0.15) is 0 Å². The van der Waals surface area contributed by atoms with Crippen LogP contribution < -0.4 is 10.6 Å². The summed E-state index contributed by atoms with van der Waals surface area (Å²) in [7, 11) is 0. The first kappa shape index (κ1) is 16.9. The number of hydrogen-bond acceptors (Lipinski definition) is 3. The van der Waals surface area contributed by atoms with Gasteiger partial charge >= 0.3 is 0 Å². The van der Waals surface area contributed by atoms with Gasteiger partial charge in [-0.1, -0.05) is 18.2 Å². The molecule has 6 nitrogen and oxygen atoms in total. The number of rotatable bonds is 5. The summed E-state index contributed by atoms with van der Waals surface area (Å²) in [5, 5.41) is 7.61. The first-order valence-corrected chi connectivity index (χ1v) is 8.80. The van der Waals surface area contributed by atoms with Crippen molar-refractivity contribution < 1.29 is 14.0 Å². The SMILES string of the molecule is CCn1c2ccccc2c2cc(NC(=O)CNC(=O)c3ccco3)ccc21. The van der Waals surface area contributed by atoms with E-state index in [0.717, 1.165) is 22.8 Å². The molecule has 0 radical (unpaired) electrons. The highest BCUT2D eigenvalue weighted by atomic mass is 16.3. The third kappa shape index (κ3) is 3.17. The van der Waals surface area contributed by atoms with Gasteiger partial charge in [0.2, 0.25) is 5.91 Å². The van der Waals surface area contributed by atoms with Crippen molar-refractivity contribution in [3.63, 3.8) is 0 Å². The number of nitrogens with one attached hydrogen (secondary N) is 2. The van der Waals surface area contributed by atoms with Crippen LogP contribution in [0.25, 0.3) is 21.8 Å². The Labute approximate surface area is 155 Å². The second kappa shape index (κ2) is 6.99. The lowest BCUT2D eigenvalue weighted by Gasteiger charge is -2.07. The Morgan fingerprint density at radius 2 is 1.81 bits per heavy atom. The average molecular weight is 361 g/mol. The molecule has 0 fully saturated rings.